The van der Waals surface area contributed by atoms with Gasteiger partial charge in [0.05, 0.1) is 0 Å². The smallest absolute Gasteiger partial charge is 0.249 e. The first kappa shape index (κ1) is 14.5. The molecule has 2 heterocycles. The number of nitrogens with zero attached hydrogens (tertiary/aromatic N) is 1. The number of amides is 4. The van der Waals surface area contributed by atoms with Gasteiger partial charge in [-0.25, -0.2) is 0 Å². The van der Waals surface area contributed by atoms with Gasteiger partial charge >= 0.3 is 0 Å². The molecule has 3 rings (SSSR count). The minimum Gasteiger partial charge on any atom is -0.327 e. The number of piperidine rings is 1. The van der Waals surface area contributed by atoms with Gasteiger partial charge in [-0.1, -0.05) is 5.56 Å². The Bertz CT molecular complexity index is 594. The fourth-order valence-electron chi connectivity index (χ4n) is 2.35. The van der Waals surface area contributed by atoms with Crippen molar-refractivity contribution in [3.8, 4) is 0 Å². The summed E-state index contributed by atoms with van der Waals surface area (Å²) in [6, 6.07) is 6.47. The summed E-state index contributed by atoms with van der Waals surface area (Å²) in [5.74, 6) is -2.03. The second kappa shape index (κ2) is 5.23. The Morgan fingerprint density at radius 1 is 1.20 bits per heavy atom. The van der Waals surface area contributed by atoms with Gasteiger partial charge in [0.15, 0.2) is 5.91 Å². The molecule has 1 atom stereocenters. The molecule has 1 aromatic carbocycles. The fraction of sp³-hybridized carbons (Fsp3) is 0.231. The zero-order valence-electron chi connectivity index (χ0n) is 10.3. The minimum atomic E-state index is -0.918. The molecule has 0 aliphatic carbocycles. The summed E-state index contributed by atoms with van der Waals surface area (Å²) in [5, 5.41) is 2.14. The number of hydrogen-bond acceptors (Lipinski definition) is 4. The Morgan fingerprint density at radius 2 is 1.95 bits per heavy atom. The molecule has 1 fully saturated rings. The summed E-state index contributed by atoms with van der Waals surface area (Å²) in [6.07, 6.45) is 0.281. The molecule has 0 aromatic heterocycles. The van der Waals surface area contributed by atoms with E-state index in [2.05, 4.69) is 11.4 Å². The van der Waals surface area contributed by atoms with Crippen molar-refractivity contribution >= 4 is 23.6 Å². The topological polar surface area (TPSA) is 83.6 Å². The molecule has 1 saturated heterocycles. The summed E-state index contributed by atoms with van der Waals surface area (Å²) in [7, 11) is 0. The first-order valence-corrected chi connectivity index (χ1v) is 5.82. The van der Waals surface area contributed by atoms with Crippen LogP contribution in [0.15, 0.2) is 18.2 Å². The van der Waals surface area contributed by atoms with Crippen LogP contribution in [0, 0.1) is 6.07 Å². The van der Waals surface area contributed by atoms with Crippen molar-refractivity contribution in [1.82, 2.24) is 10.2 Å². The van der Waals surface area contributed by atoms with Crippen molar-refractivity contribution in [2.24, 2.45) is 0 Å². The van der Waals surface area contributed by atoms with Crippen molar-refractivity contribution in [2.75, 3.05) is 0 Å². The van der Waals surface area contributed by atoms with E-state index < -0.39 is 23.8 Å². The molecule has 0 saturated carbocycles. The third-order valence-corrected chi connectivity index (χ3v) is 3.26. The van der Waals surface area contributed by atoms with Gasteiger partial charge in [-0.3, -0.25) is 19.7 Å². The van der Waals surface area contributed by atoms with Gasteiger partial charge in [0.25, 0.3) is 0 Å². The van der Waals surface area contributed by atoms with Gasteiger partial charge in [-0.15, -0.1) is 24.3 Å². The van der Waals surface area contributed by atoms with Gasteiger partial charge in [-0.2, -0.15) is 0 Å². The Hall–Kier alpha value is -1.92. The van der Waals surface area contributed by atoms with Crippen LogP contribution < -0.4 is 5.32 Å². The van der Waals surface area contributed by atoms with Crippen LogP contribution in [0.1, 0.15) is 33.6 Å². The third-order valence-electron chi connectivity index (χ3n) is 3.26. The standard InChI is InChI=1S/C13H9N2O4.V/c16-10-6-5-9(11(17)14-10)15-12(18)7-3-1-2-4-8(7)13(15)19;/h1-3,9H,5-6H2,(H,14,16,17);/q-1;. The SMILES string of the molecule is O=C1CCC(N2C(=O)c3[c-]cccc3C2=O)C(=O)N1.[V]. The molecule has 7 heteroatoms. The number of nitrogens with one attached hydrogen (secondary N) is 1. The molecular weight excluding hydrogens is 299 g/mol. The molecular formula is C13H9N2O4V-. The van der Waals surface area contributed by atoms with E-state index >= 15 is 0 Å². The minimum absolute atomic E-state index is 0. The van der Waals surface area contributed by atoms with E-state index in [1.54, 1.807) is 6.07 Å². The van der Waals surface area contributed by atoms with Crippen molar-refractivity contribution in [3.63, 3.8) is 0 Å². The Kier molecular flexibility index (Phi) is 3.79. The maximum absolute atomic E-state index is 12.2. The number of carbonyl (C=O) groups is 4. The van der Waals surface area contributed by atoms with Crippen molar-refractivity contribution in [1.29, 1.82) is 0 Å². The zero-order valence-corrected chi connectivity index (χ0v) is 11.6. The molecule has 0 bridgehead atoms. The quantitative estimate of drug-likeness (QED) is 0.579. The van der Waals surface area contributed by atoms with Crippen LogP contribution in [-0.4, -0.2) is 34.6 Å². The second-order valence-corrected chi connectivity index (χ2v) is 4.41. The van der Waals surface area contributed by atoms with E-state index in [9.17, 15) is 19.2 Å². The Balaban J connectivity index is 0.00000147. The molecule has 1 radical (unpaired) electrons. The predicted octanol–water partition coefficient (Wildman–Crippen LogP) is -0.115. The number of rotatable bonds is 1. The number of imide groups is 2. The van der Waals surface area contributed by atoms with Gasteiger partial charge < -0.3 is 9.69 Å². The predicted molar refractivity (Wildman–Crippen MR) is 61.9 cm³/mol. The summed E-state index contributed by atoms with van der Waals surface area (Å²) in [5.41, 5.74) is 0.425. The maximum Gasteiger partial charge on any atom is 0.249 e. The van der Waals surface area contributed by atoms with E-state index in [1.165, 1.54) is 12.1 Å². The van der Waals surface area contributed by atoms with Crippen LogP contribution in [0.3, 0.4) is 0 Å². The van der Waals surface area contributed by atoms with Crippen LogP contribution in [0.2, 0.25) is 0 Å². The molecule has 0 spiro atoms. The van der Waals surface area contributed by atoms with Crippen LogP contribution in [0.5, 0.6) is 0 Å². The molecule has 1 aromatic rings. The second-order valence-electron chi connectivity index (χ2n) is 4.41. The van der Waals surface area contributed by atoms with Crippen LogP contribution >= 0.6 is 0 Å². The van der Waals surface area contributed by atoms with Gasteiger partial charge in [0.2, 0.25) is 17.7 Å². The van der Waals surface area contributed by atoms with Crippen LogP contribution in [0.4, 0.5) is 0 Å². The number of hydrogen-bond donors (Lipinski definition) is 1. The summed E-state index contributed by atoms with van der Waals surface area (Å²) >= 11 is 0. The largest absolute Gasteiger partial charge is 0.327 e. The van der Waals surface area contributed by atoms with E-state index in [1.807, 2.05) is 0 Å². The first-order valence-electron chi connectivity index (χ1n) is 5.82. The fourth-order valence-corrected chi connectivity index (χ4v) is 2.35. The van der Waals surface area contributed by atoms with E-state index in [0.717, 1.165) is 4.90 Å². The molecule has 20 heavy (non-hydrogen) atoms. The molecule has 2 aliphatic rings. The van der Waals surface area contributed by atoms with Crippen molar-refractivity contribution in [3.05, 3.63) is 35.4 Å². The Morgan fingerprint density at radius 3 is 2.60 bits per heavy atom. The van der Waals surface area contributed by atoms with Gasteiger partial charge in [-0.05, 0) is 12.0 Å². The maximum atomic E-state index is 12.2. The summed E-state index contributed by atoms with van der Waals surface area (Å²) in [6.45, 7) is 0. The monoisotopic (exact) mass is 308 g/mol. The van der Waals surface area contributed by atoms with E-state index in [0.29, 0.717) is 0 Å². The van der Waals surface area contributed by atoms with Gasteiger partial charge in [0.1, 0.15) is 6.04 Å². The number of benzene rings is 1. The zero-order chi connectivity index (χ0) is 13.6. The van der Waals surface area contributed by atoms with Crippen LogP contribution in [-0.2, 0) is 28.1 Å². The molecule has 1 N–H and O–H groups in total. The molecule has 4 amide bonds. The van der Waals surface area contributed by atoms with E-state index in [-0.39, 0.29) is 48.4 Å². The average molecular weight is 308 g/mol. The average Bonchev–Trinajstić information content (AvgIpc) is 2.64. The summed E-state index contributed by atoms with van der Waals surface area (Å²) < 4.78 is 0. The van der Waals surface area contributed by atoms with Crippen molar-refractivity contribution in [2.45, 2.75) is 18.9 Å². The number of fused-ring (bicyclic) bond motifs is 1. The van der Waals surface area contributed by atoms with Gasteiger partial charge in [0, 0.05) is 25.0 Å². The Labute approximate surface area is 126 Å². The molecule has 1 unspecified atom stereocenters. The molecule has 6 nitrogen and oxygen atoms in total. The van der Waals surface area contributed by atoms with Crippen molar-refractivity contribution < 1.29 is 37.7 Å². The molecule has 2 aliphatic heterocycles. The third kappa shape index (κ3) is 2.07. The molecule has 101 valence electrons. The van der Waals surface area contributed by atoms with E-state index in [4.69, 9.17) is 0 Å². The number of carbonyl (C=O) groups excluding carboxylic acids is 4. The van der Waals surface area contributed by atoms with Crippen LogP contribution in [0.25, 0.3) is 0 Å². The summed E-state index contributed by atoms with van der Waals surface area (Å²) in [4.78, 5) is 48.1. The normalized spacial score (nSPS) is 21.4. The first-order chi connectivity index (χ1) is 9.09.